The average Bonchev–Trinajstić information content (AvgIpc) is 4.29. The van der Waals surface area contributed by atoms with Crippen LogP contribution < -0.4 is 44.0 Å². The molecule has 10 rings (SSSR count). The SMILES string of the molecule is CN1CCN(c2ccc3nc(-c4ccc(OCCn5cc(COCc6cn(C[C@H]7OC(O[C@@H]8C(O)[C@H](N)CC(N)[C@H]8O[C@H]8OC(CN)[C@@H](O)[C@H](O)C8N)[C@@H](O)[C@H]7O[C@H]7O[C@@H](CN)[C@@H](O)C(O)C7N)nn6)nn5)cc4)[nH]c3c2)CC1. The van der Waals surface area contributed by atoms with Crippen molar-refractivity contribution in [1.82, 2.24) is 44.9 Å². The van der Waals surface area contributed by atoms with Gasteiger partial charge in [0.2, 0.25) is 0 Å². The number of aliphatic hydroxyl groups is 6. The van der Waals surface area contributed by atoms with E-state index >= 15 is 0 Å². The number of likely N-dealkylation sites (N-methyl/N-ethyl adjacent to an activating group) is 1. The average molecular weight is 1110 g/mol. The highest BCUT2D eigenvalue weighted by Gasteiger charge is 2.54. The Morgan fingerprint density at radius 3 is 1.89 bits per heavy atom. The number of aliphatic hydroxyl groups excluding tert-OH is 6. The van der Waals surface area contributed by atoms with Crippen LogP contribution in [0.3, 0.4) is 0 Å². The van der Waals surface area contributed by atoms with E-state index in [0.29, 0.717) is 30.3 Å². The number of nitrogens with one attached hydrogen (secondary N) is 1. The van der Waals surface area contributed by atoms with E-state index in [1.807, 2.05) is 24.3 Å². The summed E-state index contributed by atoms with van der Waals surface area (Å²) in [5.41, 5.74) is 41.9. The molecule has 5 aliphatic rings. The molecule has 3 aromatic heterocycles. The molecule has 4 aliphatic heterocycles. The molecule has 79 heavy (non-hydrogen) atoms. The number of anilines is 1. The minimum absolute atomic E-state index is 0.0285. The summed E-state index contributed by atoms with van der Waals surface area (Å²) in [5.74, 6) is 1.48. The standard InChI is InChI=1S/C49H74N16O14/c1-62-8-10-63(11-9-62)26-4-7-30-31(14-26)57-46(56-30)23-2-5-27(6-3-23)73-13-12-64-18-24(58-60-64)21-72-22-25-19-65(61-59-25)20-34-44(78-48-36(55)41(70)39(68)33(17-51)75-48)42(71)49(76-34)79-45-37(66)28(52)15-29(53)43(45)77-47-35(54)40(69)38(67)32(16-50)74-47/h2-7,14,18-19,28-29,32-45,47-49,66-71H,8-13,15-17,20-22,50-55H2,1H3,(H,56,57)/t28-,29?,32?,33+,34-,35?,36?,37?,38-,39-,40-,41?,42+,43-,44+,45-,47-,48-,49?/m1/s1. The van der Waals surface area contributed by atoms with Crippen LogP contribution in [0.2, 0.25) is 0 Å². The number of rotatable bonds is 20. The lowest BCUT2D eigenvalue weighted by Gasteiger charge is -2.47. The van der Waals surface area contributed by atoms with Gasteiger partial charge in [-0.25, -0.2) is 14.3 Å². The highest BCUT2D eigenvalue weighted by Crippen LogP contribution is 2.35. The quantitative estimate of drug-likeness (QED) is 0.0345. The van der Waals surface area contributed by atoms with Crippen molar-refractivity contribution in [3.05, 3.63) is 66.2 Å². The molecule has 7 heterocycles. The van der Waals surface area contributed by atoms with Gasteiger partial charge in [-0.3, -0.25) is 0 Å². The van der Waals surface area contributed by atoms with Crippen LogP contribution in [-0.2, 0) is 59.5 Å². The molecule has 2 aromatic carbocycles. The normalized spacial score (nSPS) is 35.6. The summed E-state index contributed by atoms with van der Waals surface area (Å²) in [4.78, 5) is 13.0. The Balaban J connectivity index is 0.734. The lowest BCUT2D eigenvalue weighted by molar-refractivity contribution is -0.306. The zero-order valence-corrected chi connectivity index (χ0v) is 43.6. The van der Waals surface area contributed by atoms with E-state index in [1.165, 1.54) is 10.4 Å². The number of nitrogens with two attached hydrogens (primary N) is 6. The number of nitrogens with zero attached hydrogens (tertiary/aromatic N) is 9. The van der Waals surface area contributed by atoms with Crippen LogP contribution in [0.25, 0.3) is 22.4 Å². The maximum absolute atomic E-state index is 11.9. The Kier molecular flexibility index (Phi) is 18.1. The van der Waals surface area contributed by atoms with Gasteiger partial charge in [-0.05, 0) is 55.9 Å². The van der Waals surface area contributed by atoms with Gasteiger partial charge in [0.1, 0.15) is 96.7 Å². The Hall–Kier alpha value is -5.01. The summed E-state index contributed by atoms with van der Waals surface area (Å²) in [5, 5.41) is 82.7. The van der Waals surface area contributed by atoms with Crippen LogP contribution in [0.4, 0.5) is 5.69 Å². The fourth-order valence-electron chi connectivity index (χ4n) is 10.6. The molecule has 4 saturated heterocycles. The minimum Gasteiger partial charge on any atom is -0.492 e. The molecule has 0 radical (unpaired) electrons. The molecule has 19 N–H and O–H groups in total. The maximum Gasteiger partial charge on any atom is 0.187 e. The fourth-order valence-corrected chi connectivity index (χ4v) is 10.6. The Bertz CT molecular complexity index is 2730. The van der Waals surface area contributed by atoms with Gasteiger partial charge in [0.05, 0.1) is 67.9 Å². The molecular formula is C49H74N16O14. The van der Waals surface area contributed by atoms with Crippen molar-refractivity contribution >= 4 is 16.7 Å². The third-order valence-corrected chi connectivity index (χ3v) is 15.3. The number of hydrogen-bond acceptors (Lipinski definition) is 27. The van der Waals surface area contributed by atoms with E-state index in [-0.39, 0.29) is 39.3 Å². The zero-order chi connectivity index (χ0) is 55.6. The summed E-state index contributed by atoms with van der Waals surface area (Å²) in [6, 6.07) is 9.74. The van der Waals surface area contributed by atoms with E-state index in [1.54, 1.807) is 17.1 Å². The van der Waals surface area contributed by atoms with Crippen LogP contribution in [0.5, 0.6) is 5.75 Å². The van der Waals surface area contributed by atoms with Crippen molar-refractivity contribution < 1.29 is 68.5 Å². The second-order valence-corrected chi connectivity index (χ2v) is 20.9. The van der Waals surface area contributed by atoms with Gasteiger partial charge in [0, 0.05) is 62.6 Å². The van der Waals surface area contributed by atoms with Gasteiger partial charge in [0.25, 0.3) is 0 Å². The third-order valence-electron chi connectivity index (χ3n) is 15.3. The number of aromatic amines is 1. The lowest BCUT2D eigenvalue weighted by atomic mass is 9.84. The highest BCUT2D eigenvalue weighted by atomic mass is 16.8. The molecule has 0 bridgehead atoms. The third kappa shape index (κ3) is 12.7. The summed E-state index contributed by atoms with van der Waals surface area (Å²) in [7, 11) is 2.15. The number of imidazole rings is 1. The van der Waals surface area contributed by atoms with Crippen molar-refractivity contribution in [2.45, 2.75) is 149 Å². The van der Waals surface area contributed by atoms with Gasteiger partial charge in [-0.2, -0.15) is 0 Å². The summed E-state index contributed by atoms with van der Waals surface area (Å²) in [6.07, 6.45) is -17.0. The van der Waals surface area contributed by atoms with E-state index < -0.39 is 116 Å². The van der Waals surface area contributed by atoms with Gasteiger partial charge in [-0.1, -0.05) is 10.4 Å². The minimum atomic E-state index is -1.65. The Morgan fingerprint density at radius 1 is 0.646 bits per heavy atom. The van der Waals surface area contributed by atoms with Crippen LogP contribution in [0.15, 0.2) is 54.9 Å². The first-order valence-electron chi connectivity index (χ1n) is 26.5. The molecule has 5 fully saturated rings. The fraction of sp³-hybridized carbons (Fsp3) is 0.653. The smallest absolute Gasteiger partial charge is 0.187 e. The molecule has 0 spiro atoms. The van der Waals surface area contributed by atoms with E-state index in [0.717, 1.165) is 48.6 Å². The van der Waals surface area contributed by atoms with Gasteiger partial charge in [0.15, 0.2) is 18.9 Å². The number of H-pyrrole nitrogens is 1. The molecule has 434 valence electrons. The topological polar surface area (TPSA) is 448 Å². The van der Waals surface area contributed by atoms with E-state index in [9.17, 15) is 30.6 Å². The Morgan fingerprint density at radius 2 is 1.24 bits per heavy atom. The summed E-state index contributed by atoms with van der Waals surface area (Å²) in [6.45, 7) is 4.47. The van der Waals surface area contributed by atoms with Crippen LogP contribution in [-0.4, -0.2) is 245 Å². The lowest BCUT2D eigenvalue weighted by Crippen LogP contribution is -2.68. The maximum atomic E-state index is 11.9. The van der Waals surface area contributed by atoms with E-state index in [2.05, 4.69) is 60.7 Å². The number of piperazine rings is 1. The molecule has 19 atom stereocenters. The van der Waals surface area contributed by atoms with Crippen molar-refractivity contribution in [2.75, 3.05) is 57.8 Å². The van der Waals surface area contributed by atoms with Crippen molar-refractivity contribution in [2.24, 2.45) is 34.4 Å². The molecule has 30 heteroatoms. The number of ether oxygens (including phenoxy) is 8. The molecular weight excluding hydrogens is 1040 g/mol. The largest absolute Gasteiger partial charge is 0.492 e. The number of hydrogen-bond donors (Lipinski definition) is 13. The van der Waals surface area contributed by atoms with Crippen molar-refractivity contribution in [3.63, 3.8) is 0 Å². The van der Waals surface area contributed by atoms with Crippen molar-refractivity contribution in [3.8, 4) is 17.1 Å². The van der Waals surface area contributed by atoms with Crippen LogP contribution in [0.1, 0.15) is 17.8 Å². The van der Waals surface area contributed by atoms with Gasteiger partial charge in [-0.15, -0.1) is 10.2 Å². The molecule has 0 amide bonds. The second kappa shape index (κ2) is 25.0. The predicted octanol–water partition coefficient (Wildman–Crippen LogP) is -5.91. The number of benzene rings is 2. The molecule has 1 aliphatic carbocycles. The first kappa shape index (κ1) is 57.2. The second-order valence-electron chi connectivity index (χ2n) is 20.9. The molecule has 1 saturated carbocycles. The molecule has 5 aromatic rings. The monoisotopic (exact) mass is 1110 g/mol. The van der Waals surface area contributed by atoms with E-state index in [4.69, 9.17) is 77.3 Å². The molecule has 30 nitrogen and oxygen atoms in total. The predicted molar refractivity (Wildman–Crippen MR) is 277 cm³/mol. The highest BCUT2D eigenvalue weighted by molar-refractivity contribution is 5.83. The van der Waals surface area contributed by atoms with Crippen LogP contribution in [0, 0.1) is 0 Å². The number of fused-ring (bicyclic) bond motifs is 1. The Labute approximate surface area is 453 Å². The van der Waals surface area contributed by atoms with Crippen molar-refractivity contribution in [1.29, 1.82) is 0 Å². The van der Waals surface area contributed by atoms with Crippen LogP contribution >= 0.6 is 0 Å². The zero-order valence-electron chi connectivity index (χ0n) is 43.6. The van der Waals surface area contributed by atoms with Gasteiger partial charge < -0.3 is 118 Å². The van der Waals surface area contributed by atoms with Gasteiger partial charge >= 0.3 is 0 Å². The summed E-state index contributed by atoms with van der Waals surface area (Å²) < 4.78 is 51.7. The first-order chi connectivity index (χ1) is 38.0. The first-order valence-corrected chi connectivity index (χ1v) is 26.5. The number of aromatic nitrogens is 8. The summed E-state index contributed by atoms with van der Waals surface area (Å²) >= 11 is 0. The molecule has 7 unspecified atom stereocenters.